The summed E-state index contributed by atoms with van der Waals surface area (Å²) in [6, 6.07) is 15.5. The predicted molar refractivity (Wildman–Crippen MR) is 98.5 cm³/mol. The van der Waals surface area contributed by atoms with Crippen LogP contribution in [0.1, 0.15) is 23.7 Å². The van der Waals surface area contributed by atoms with E-state index in [1.807, 2.05) is 55.5 Å². The van der Waals surface area contributed by atoms with Gasteiger partial charge in [-0.2, -0.15) is 0 Å². The summed E-state index contributed by atoms with van der Waals surface area (Å²) in [7, 11) is 1.81. The Balaban J connectivity index is 1.55. The summed E-state index contributed by atoms with van der Waals surface area (Å²) in [6.07, 6.45) is 0.211. The number of likely N-dealkylation sites (N-methyl/N-ethyl adjacent to an activating group) is 1. The second-order valence-electron chi connectivity index (χ2n) is 6.00. The first-order valence-corrected chi connectivity index (χ1v) is 8.89. The highest BCUT2D eigenvalue weighted by atomic mass is 32.1. The summed E-state index contributed by atoms with van der Waals surface area (Å²) < 4.78 is 6.42. The number of rotatable bonds is 4. The highest BCUT2D eigenvalue weighted by Gasteiger charge is 2.22. The molecule has 0 spiro atoms. The first-order chi connectivity index (χ1) is 12.1. The predicted octanol–water partition coefficient (Wildman–Crippen LogP) is 4.20. The van der Waals surface area contributed by atoms with Crippen LogP contribution in [0.3, 0.4) is 0 Å². The van der Waals surface area contributed by atoms with E-state index in [-0.39, 0.29) is 18.4 Å². The monoisotopic (exact) mass is 351 g/mol. The van der Waals surface area contributed by atoms with Crippen LogP contribution in [-0.4, -0.2) is 28.0 Å². The topological polar surface area (TPSA) is 59.2 Å². The van der Waals surface area contributed by atoms with Crippen LogP contribution in [0.4, 0.5) is 0 Å². The first kappa shape index (κ1) is 15.8. The molecule has 0 bridgehead atoms. The normalized spacial score (nSPS) is 12.6. The number of para-hydroxylation sites is 2. The summed E-state index contributed by atoms with van der Waals surface area (Å²) in [5.41, 5.74) is 2.34. The minimum atomic E-state index is -0.0944. The van der Waals surface area contributed by atoms with Crippen molar-refractivity contribution in [3.05, 3.63) is 59.2 Å². The first-order valence-electron chi connectivity index (χ1n) is 8.08. The van der Waals surface area contributed by atoms with Crippen molar-refractivity contribution in [2.45, 2.75) is 19.4 Å². The van der Waals surface area contributed by atoms with Gasteiger partial charge in [-0.1, -0.05) is 29.4 Å². The second-order valence-corrected chi connectivity index (χ2v) is 7.06. The van der Waals surface area contributed by atoms with Crippen molar-refractivity contribution in [3.8, 4) is 0 Å². The molecule has 126 valence electrons. The Labute approximate surface area is 148 Å². The molecular formula is C19H17N3O2S. The van der Waals surface area contributed by atoms with Crippen molar-refractivity contribution in [1.29, 1.82) is 0 Å². The quantitative estimate of drug-likeness (QED) is 0.553. The van der Waals surface area contributed by atoms with Gasteiger partial charge in [-0.15, -0.1) is 11.3 Å². The van der Waals surface area contributed by atoms with Crippen molar-refractivity contribution in [3.63, 3.8) is 0 Å². The molecular weight excluding hydrogens is 334 g/mol. The van der Waals surface area contributed by atoms with Gasteiger partial charge < -0.3 is 9.42 Å². The van der Waals surface area contributed by atoms with Crippen molar-refractivity contribution in [1.82, 2.24) is 15.0 Å². The summed E-state index contributed by atoms with van der Waals surface area (Å²) in [5.74, 6) is -0.00851. The molecule has 25 heavy (non-hydrogen) atoms. The second kappa shape index (κ2) is 6.29. The number of fused-ring (bicyclic) bond motifs is 2. The van der Waals surface area contributed by atoms with Gasteiger partial charge in [0.2, 0.25) is 5.91 Å². The summed E-state index contributed by atoms with van der Waals surface area (Å²) in [4.78, 5) is 19.1. The van der Waals surface area contributed by atoms with Crippen molar-refractivity contribution in [2.75, 3.05) is 7.05 Å². The Kier molecular flexibility index (Phi) is 3.97. The van der Waals surface area contributed by atoms with Crippen LogP contribution < -0.4 is 0 Å². The number of benzene rings is 2. The molecule has 0 fully saturated rings. The van der Waals surface area contributed by atoms with E-state index in [1.165, 1.54) is 0 Å². The van der Waals surface area contributed by atoms with Gasteiger partial charge >= 0.3 is 0 Å². The molecule has 2 aromatic carbocycles. The molecule has 6 heteroatoms. The maximum atomic E-state index is 12.7. The third kappa shape index (κ3) is 2.89. The molecule has 1 atom stereocenters. The Morgan fingerprint density at radius 2 is 1.96 bits per heavy atom. The van der Waals surface area contributed by atoms with E-state index in [1.54, 1.807) is 23.3 Å². The molecule has 0 radical (unpaired) electrons. The van der Waals surface area contributed by atoms with Crippen molar-refractivity contribution >= 4 is 38.4 Å². The Morgan fingerprint density at radius 3 is 2.80 bits per heavy atom. The molecule has 4 aromatic rings. The van der Waals surface area contributed by atoms with E-state index in [9.17, 15) is 4.79 Å². The molecule has 0 aliphatic carbocycles. The number of amides is 1. The number of nitrogens with zero attached hydrogens (tertiary/aromatic N) is 3. The number of hydrogen-bond acceptors (Lipinski definition) is 5. The van der Waals surface area contributed by atoms with Crippen molar-refractivity contribution < 1.29 is 9.32 Å². The van der Waals surface area contributed by atoms with Crippen LogP contribution in [0.2, 0.25) is 0 Å². The standard InChI is InChI=1S/C19H17N3O2S/c1-12(19-20-14-8-4-6-10-17(14)25-19)22(2)18(23)11-15-13-7-3-5-9-16(13)24-21-15/h3-10,12H,11H2,1-2H3/t12-/m1/s1. The maximum absolute atomic E-state index is 12.7. The average Bonchev–Trinajstić information content (AvgIpc) is 3.25. The molecule has 4 rings (SSSR count). The maximum Gasteiger partial charge on any atom is 0.229 e. The Hall–Kier alpha value is -2.73. The van der Waals surface area contributed by atoms with Gasteiger partial charge in [0.05, 0.1) is 22.7 Å². The molecule has 0 aliphatic heterocycles. The highest BCUT2D eigenvalue weighted by molar-refractivity contribution is 7.18. The fourth-order valence-corrected chi connectivity index (χ4v) is 3.85. The molecule has 0 N–H and O–H groups in total. The number of thiazole rings is 1. The summed E-state index contributed by atoms with van der Waals surface area (Å²) in [6.45, 7) is 2.00. The molecule has 5 nitrogen and oxygen atoms in total. The molecule has 2 heterocycles. The van der Waals surface area contributed by atoms with Crippen LogP contribution in [0, 0.1) is 0 Å². The zero-order valence-corrected chi connectivity index (χ0v) is 14.8. The van der Waals surface area contributed by atoms with Crippen LogP contribution >= 0.6 is 11.3 Å². The van der Waals surface area contributed by atoms with Crippen LogP contribution in [0.25, 0.3) is 21.2 Å². The number of carbonyl (C=O) groups is 1. The smallest absolute Gasteiger partial charge is 0.229 e. The van der Waals surface area contributed by atoms with Gasteiger partial charge in [-0.3, -0.25) is 4.79 Å². The van der Waals surface area contributed by atoms with E-state index >= 15 is 0 Å². The minimum Gasteiger partial charge on any atom is -0.356 e. The van der Waals surface area contributed by atoms with E-state index in [0.29, 0.717) is 11.3 Å². The van der Waals surface area contributed by atoms with Gasteiger partial charge in [0, 0.05) is 12.4 Å². The Morgan fingerprint density at radius 1 is 1.20 bits per heavy atom. The fraction of sp³-hybridized carbons (Fsp3) is 0.211. The van der Waals surface area contributed by atoms with Crippen molar-refractivity contribution in [2.24, 2.45) is 0 Å². The molecule has 0 unspecified atom stereocenters. The van der Waals surface area contributed by atoms with E-state index in [4.69, 9.17) is 4.52 Å². The lowest BCUT2D eigenvalue weighted by atomic mass is 10.1. The molecule has 0 saturated carbocycles. The third-order valence-electron chi connectivity index (χ3n) is 4.41. The lowest BCUT2D eigenvalue weighted by Gasteiger charge is -2.22. The van der Waals surface area contributed by atoms with Crippen LogP contribution in [-0.2, 0) is 11.2 Å². The van der Waals surface area contributed by atoms with Gasteiger partial charge in [0.15, 0.2) is 5.58 Å². The molecule has 1 amide bonds. The van der Waals surface area contributed by atoms with E-state index < -0.39 is 0 Å². The van der Waals surface area contributed by atoms with Crippen LogP contribution in [0.5, 0.6) is 0 Å². The number of aromatic nitrogens is 2. The van der Waals surface area contributed by atoms with E-state index in [2.05, 4.69) is 10.1 Å². The molecule has 0 aliphatic rings. The van der Waals surface area contributed by atoms with Crippen LogP contribution in [0.15, 0.2) is 53.1 Å². The lowest BCUT2D eigenvalue weighted by molar-refractivity contribution is -0.131. The lowest BCUT2D eigenvalue weighted by Crippen LogP contribution is -2.31. The zero-order valence-electron chi connectivity index (χ0n) is 14.0. The van der Waals surface area contributed by atoms with Gasteiger partial charge in [-0.25, -0.2) is 4.98 Å². The van der Waals surface area contributed by atoms with Gasteiger partial charge in [-0.05, 0) is 31.2 Å². The molecule has 0 saturated heterocycles. The third-order valence-corrected chi connectivity index (χ3v) is 5.62. The average molecular weight is 351 g/mol. The SMILES string of the molecule is C[C@H](c1nc2ccccc2s1)N(C)C(=O)Cc1noc2ccccc12. The Bertz CT molecular complexity index is 1020. The minimum absolute atomic E-state index is 0.00851. The summed E-state index contributed by atoms with van der Waals surface area (Å²) >= 11 is 1.62. The largest absolute Gasteiger partial charge is 0.356 e. The number of carbonyl (C=O) groups excluding carboxylic acids is 1. The summed E-state index contributed by atoms with van der Waals surface area (Å²) in [5, 5.41) is 5.87. The zero-order chi connectivity index (χ0) is 17.4. The fourth-order valence-electron chi connectivity index (χ4n) is 2.78. The number of hydrogen-bond donors (Lipinski definition) is 0. The molecule has 2 aromatic heterocycles. The van der Waals surface area contributed by atoms with E-state index in [0.717, 1.165) is 20.6 Å². The highest BCUT2D eigenvalue weighted by Crippen LogP contribution is 2.29. The van der Waals surface area contributed by atoms with Gasteiger partial charge in [0.25, 0.3) is 0 Å². The van der Waals surface area contributed by atoms with Gasteiger partial charge in [0.1, 0.15) is 10.7 Å².